The highest BCUT2D eigenvalue weighted by molar-refractivity contribution is 5.41. The molecule has 1 aromatic rings. The summed E-state index contributed by atoms with van der Waals surface area (Å²) < 4.78 is 5.10. The molecule has 1 heterocycles. The lowest BCUT2D eigenvalue weighted by atomic mass is 9.98. The van der Waals surface area contributed by atoms with E-state index in [9.17, 15) is 5.11 Å². The van der Waals surface area contributed by atoms with Gasteiger partial charge in [-0.2, -0.15) is 0 Å². The van der Waals surface area contributed by atoms with E-state index in [1.165, 1.54) is 12.8 Å². The minimum absolute atomic E-state index is 0.225. The monoisotopic (exact) mass is 292 g/mol. The first-order chi connectivity index (χ1) is 10.0. The van der Waals surface area contributed by atoms with Crippen molar-refractivity contribution in [3.63, 3.8) is 0 Å². The number of benzene rings is 1. The third kappa shape index (κ3) is 3.89. The number of phenolic OH excluding ortho intramolecular Hbond substituents is 1. The number of methoxy groups -OCH3 is 1. The Kier molecular flexibility index (Phi) is 5.48. The van der Waals surface area contributed by atoms with Crippen molar-refractivity contribution in [1.29, 1.82) is 0 Å². The zero-order chi connectivity index (χ0) is 15.4. The highest BCUT2D eigenvalue weighted by Crippen LogP contribution is 2.29. The van der Waals surface area contributed by atoms with Crippen molar-refractivity contribution in [2.45, 2.75) is 32.4 Å². The summed E-state index contributed by atoms with van der Waals surface area (Å²) in [6.45, 7) is 5.40. The number of rotatable bonds is 6. The maximum Gasteiger partial charge on any atom is 0.160 e. The van der Waals surface area contributed by atoms with Gasteiger partial charge in [-0.3, -0.25) is 4.90 Å². The number of likely N-dealkylation sites (tertiary alicyclic amines) is 1. The Morgan fingerprint density at radius 3 is 2.67 bits per heavy atom. The SMILES string of the molecule is CCC[C@@H]1CN(Cc2ccc(OC)c(O)c2)C[C@H]1N(C)C. The third-order valence-electron chi connectivity index (χ3n) is 4.45. The fourth-order valence-electron chi connectivity index (χ4n) is 3.40. The van der Waals surface area contributed by atoms with Crippen LogP contribution in [0.3, 0.4) is 0 Å². The molecule has 4 heteroatoms. The van der Waals surface area contributed by atoms with Crippen molar-refractivity contribution in [3.8, 4) is 11.5 Å². The van der Waals surface area contributed by atoms with Crippen LogP contribution in [-0.4, -0.2) is 55.2 Å². The van der Waals surface area contributed by atoms with E-state index in [0.29, 0.717) is 11.8 Å². The van der Waals surface area contributed by atoms with Crippen molar-refractivity contribution < 1.29 is 9.84 Å². The lowest BCUT2D eigenvalue weighted by Gasteiger charge is -2.24. The van der Waals surface area contributed by atoms with Crippen LogP contribution in [0.15, 0.2) is 18.2 Å². The lowest BCUT2D eigenvalue weighted by Crippen LogP contribution is -2.35. The van der Waals surface area contributed by atoms with Gasteiger partial charge in [0, 0.05) is 25.7 Å². The fourth-order valence-corrected chi connectivity index (χ4v) is 3.40. The number of hydrogen-bond donors (Lipinski definition) is 1. The largest absolute Gasteiger partial charge is 0.504 e. The molecule has 0 saturated carbocycles. The number of ether oxygens (including phenoxy) is 1. The van der Waals surface area contributed by atoms with Crippen LogP contribution in [0.5, 0.6) is 11.5 Å². The predicted octanol–water partition coefficient (Wildman–Crippen LogP) is 2.56. The van der Waals surface area contributed by atoms with Crippen LogP contribution < -0.4 is 4.74 Å². The Hall–Kier alpha value is -1.26. The van der Waals surface area contributed by atoms with E-state index in [0.717, 1.165) is 31.1 Å². The summed E-state index contributed by atoms with van der Waals surface area (Å²) in [5.41, 5.74) is 1.14. The zero-order valence-electron chi connectivity index (χ0n) is 13.7. The molecular weight excluding hydrogens is 264 g/mol. The van der Waals surface area contributed by atoms with Crippen LogP contribution in [0, 0.1) is 5.92 Å². The predicted molar refractivity (Wildman–Crippen MR) is 85.8 cm³/mol. The molecule has 2 rings (SSSR count). The van der Waals surface area contributed by atoms with E-state index in [1.807, 2.05) is 18.2 Å². The molecule has 4 nitrogen and oxygen atoms in total. The third-order valence-corrected chi connectivity index (χ3v) is 4.45. The summed E-state index contributed by atoms with van der Waals surface area (Å²) in [4.78, 5) is 4.85. The Bertz CT molecular complexity index is 462. The van der Waals surface area contributed by atoms with Crippen LogP contribution >= 0.6 is 0 Å². The molecular formula is C17H28N2O2. The molecule has 0 aliphatic carbocycles. The summed E-state index contributed by atoms with van der Waals surface area (Å²) in [7, 11) is 5.93. The summed E-state index contributed by atoms with van der Waals surface area (Å²) in [5.74, 6) is 1.51. The second kappa shape index (κ2) is 7.14. The average Bonchev–Trinajstić information content (AvgIpc) is 2.82. The number of hydrogen-bond acceptors (Lipinski definition) is 4. The van der Waals surface area contributed by atoms with Crippen molar-refractivity contribution in [2.24, 2.45) is 5.92 Å². The topological polar surface area (TPSA) is 35.9 Å². The van der Waals surface area contributed by atoms with E-state index in [4.69, 9.17) is 4.74 Å². The maximum atomic E-state index is 9.89. The first kappa shape index (κ1) is 16.1. The van der Waals surface area contributed by atoms with Crippen LogP contribution in [0.1, 0.15) is 25.3 Å². The first-order valence-corrected chi connectivity index (χ1v) is 7.79. The molecule has 1 aliphatic heterocycles. The van der Waals surface area contributed by atoms with Gasteiger partial charge in [0.2, 0.25) is 0 Å². The summed E-state index contributed by atoms with van der Waals surface area (Å²) >= 11 is 0. The van der Waals surface area contributed by atoms with Crippen molar-refractivity contribution in [1.82, 2.24) is 9.80 Å². The minimum Gasteiger partial charge on any atom is -0.504 e. The second-order valence-electron chi connectivity index (χ2n) is 6.28. The van der Waals surface area contributed by atoms with E-state index >= 15 is 0 Å². The van der Waals surface area contributed by atoms with E-state index in [-0.39, 0.29) is 5.75 Å². The minimum atomic E-state index is 0.225. The van der Waals surface area contributed by atoms with Crippen LogP contribution in [0.2, 0.25) is 0 Å². The molecule has 21 heavy (non-hydrogen) atoms. The molecule has 2 atom stereocenters. The van der Waals surface area contributed by atoms with Gasteiger partial charge in [-0.05, 0) is 44.1 Å². The molecule has 1 saturated heterocycles. The van der Waals surface area contributed by atoms with Gasteiger partial charge in [0.15, 0.2) is 11.5 Å². The molecule has 0 amide bonds. The molecule has 0 spiro atoms. The second-order valence-corrected chi connectivity index (χ2v) is 6.28. The van der Waals surface area contributed by atoms with Gasteiger partial charge in [-0.15, -0.1) is 0 Å². The number of nitrogens with zero attached hydrogens (tertiary/aromatic N) is 2. The summed E-state index contributed by atoms with van der Waals surface area (Å²) in [5, 5.41) is 9.89. The smallest absolute Gasteiger partial charge is 0.160 e. The molecule has 1 aliphatic rings. The molecule has 0 radical (unpaired) electrons. The summed E-state index contributed by atoms with van der Waals surface area (Å²) in [6.07, 6.45) is 2.53. The van der Waals surface area contributed by atoms with Gasteiger partial charge in [-0.25, -0.2) is 0 Å². The Morgan fingerprint density at radius 1 is 1.33 bits per heavy atom. The Balaban J connectivity index is 2.02. The standard InChI is InChI=1S/C17H28N2O2/c1-5-6-14-11-19(12-15(14)18(2)3)10-13-7-8-17(21-4)16(20)9-13/h7-9,14-15,20H,5-6,10-12H2,1-4H3/t14-,15-/m1/s1. The molecule has 0 bridgehead atoms. The lowest BCUT2D eigenvalue weighted by molar-refractivity contribution is 0.238. The number of aromatic hydroxyl groups is 1. The van der Waals surface area contributed by atoms with Gasteiger partial charge in [0.25, 0.3) is 0 Å². The normalized spacial score (nSPS) is 22.9. The van der Waals surface area contributed by atoms with E-state index in [1.54, 1.807) is 7.11 Å². The van der Waals surface area contributed by atoms with Crippen LogP contribution in [0.25, 0.3) is 0 Å². The Labute approximate surface area is 128 Å². The highest BCUT2D eigenvalue weighted by Gasteiger charge is 2.33. The molecule has 1 N–H and O–H groups in total. The molecule has 0 unspecified atom stereocenters. The van der Waals surface area contributed by atoms with E-state index < -0.39 is 0 Å². The summed E-state index contributed by atoms with van der Waals surface area (Å²) in [6, 6.07) is 6.33. The fraction of sp³-hybridized carbons (Fsp3) is 0.647. The molecule has 118 valence electrons. The molecule has 0 aromatic heterocycles. The highest BCUT2D eigenvalue weighted by atomic mass is 16.5. The number of phenols is 1. The molecule has 1 aromatic carbocycles. The van der Waals surface area contributed by atoms with Gasteiger partial charge in [0.05, 0.1) is 7.11 Å². The zero-order valence-corrected chi connectivity index (χ0v) is 13.7. The van der Waals surface area contributed by atoms with Crippen LogP contribution in [-0.2, 0) is 6.54 Å². The van der Waals surface area contributed by atoms with Gasteiger partial charge < -0.3 is 14.7 Å². The number of likely N-dealkylation sites (N-methyl/N-ethyl adjacent to an activating group) is 1. The average molecular weight is 292 g/mol. The van der Waals surface area contributed by atoms with Gasteiger partial charge in [0.1, 0.15) is 0 Å². The molecule has 1 fully saturated rings. The quantitative estimate of drug-likeness (QED) is 0.874. The maximum absolute atomic E-state index is 9.89. The first-order valence-electron chi connectivity index (χ1n) is 7.79. The van der Waals surface area contributed by atoms with Crippen molar-refractivity contribution >= 4 is 0 Å². The van der Waals surface area contributed by atoms with Crippen molar-refractivity contribution in [3.05, 3.63) is 23.8 Å². The van der Waals surface area contributed by atoms with Gasteiger partial charge in [-0.1, -0.05) is 19.4 Å². The van der Waals surface area contributed by atoms with Crippen molar-refractivity contribution in [2.75, 3.05) is 34.3 Å². The Morgan fingerprint density at radius 2 is 2.10 bits per heavy atom. The van der Waals surface area contributed by atoms with E-state index in [2.05, 4.69) is 30.8 Å². The van der Waals surface area contributed by atoms with Crippen LogP contribution in [0.4, 0.5) is 0 Å². The van der Waals surface area contributed by atoms with Gasteiger partial charge >= 0.3 is 0 Å².